The van der Waals surface area contributed by atoms with Crippen molar-refractivity contribution in [2.24, 2.45) is 0 Å². The van der Waals surface area contributed by atoms with Crippen molar-refractivity contribution in [2.45, 2.75) is 4.90 Å². The number of fused-ring (bicyclic) bond motifs is 1. The van der Waals surface area contributed by atoms with Gasteiger partial charge in [-0.05, 0) is 42.0 Å². The Balaban J connectivity index is 1.92. The maximum absolute atomic E-state index is 13.3. The van der Waals surface area contributed by atoms with Gasteiger partial charge in [-0.25, -0.2) is 9.18 Å². The summed E-state index contributed by atoms with van der Waals surface area (Å²) in [5.41, 5.74) is 1.89. The number of benzene rings is 2. The van der Waals surface area contributed by atoms with Crippen LogP contribution in [0, 0.1) is 5.82 Å². The molecule has 1 N–H and O–H groups in total. The summed E-state index contributed by atoms with van der Waals surface area (Å²) in [6.45, 7) is 0. The third kappa shape index (κ3) is 2.80. The first kappa shape index (κ1) is 14.5. The van der Waals surface area contributed by atoms with E-state index in [0.717, 1.165) is 10.5 Å². The molecule has 110 valence electrons. The molecule has 0 unspecified atom stereocenters. The lowest BCUT2D eigenvalue weighted by Crippen LogP contribution is -2.12. The highest BCUT2D eigenvalue weighted by atomic mass is 32.2. The van der Waals surface area contributed by atoms with Gasteiger partial charge in [0.25, 0.3) is 0 Å². The van der Waals surface area contributed by atoms with Crippen LogP contribution in [0.5, 0.6) is 0 Å². The van der Waals surface area contributed by atoms with Gasteiger partial charge in [0.05, 0.1) is 5.56 Å². The number of thioether (sulfide) groups is 1. The molecule has 0 aromatic heterocycles. The van der Waals surface area contributed by atoms with E-state index in [2.05, 4.69) is 0 Å². The number of ketones is 1. The number of halogens is 1. The van der Waals surface area contributed by atoms with Gasteiger partial charge < -0.3 is 5.11 Å². The Kier molecular flexibility index (Phi) is 3.81. The predicted octanol–water partition coefficient (Wildman–Crippen LogP) is 3.90. The topological polar surface area (TPSA) is 54.4 Å². The number of carboxylic acids is 1. The lowest BCUT2D eigenvalue weighted by molar-refractivity contribution is 0.0696. The zero-order valence-electron chi connectivity index (χ0n) is 11.4. The molecule has 0 radical (unpaired) electrons. The largest absolute Gasteiger partial charge is 0.478 e. The highest BCUT2D eigenvalue weighted by molar-refractivity contribution is 7.99. The van der Waals surface area contributed by atoms with E-state index in [0.29, 0.717) is 16.9 Å². The molecule has 0 atom stereocenters. The van der Waals surface area contributed by atoms with Crippen molar-refractivity contribution in [1.29, 1.82) is 0 Å². The molecule has 2 aromatic carbocycles. The van der Waals surface area contributed by atoms with Crippen molar-refractivity contribution in [2.75, 3.05) is 5.75 Å². The van der Waals surface area contributed by atoms with Gasteiger partial charge in [0.1, 0.15) is 5.82 Å². The van der Waals surface area contributed by atoms with E-state index < -0.39 is 11.8 Å². The standard InChI is InChI=1S/C17H11FO3S/c18-13-5-6-15-14(8-13)16(19)12(9-22-15)7-10-1-3-11(4-2-10)17(20)21/h1-8H,9H2,(H,20,21)/b12-7-. The molecule has 0 saturated carbocycles. The molecule has 2 aromatic rings. The molecular weight excluding hydrogens is 303 g/mol. The third-order valence-corrected chi connectivity index (χ3v) is 4.48. The lowest BCUT2D eigenvalue weighted by atomic mass is 10.0. The van der Waals surface area contributed by atoms with E-state index in [4.69, 9.17) is 5.11 Å². The fraction of sp³-hybridized carbons (Fsp3) is 0.0588. The van der Waals surface area contributed by atoms with E-state index >= 15 is 0 Å². The van der Waals surface area contributed by atoms with Crippen LogP contribution in [0.1, 0.15) is 26.3 Å². The molecule has 22 heavy (non-hydrogen) atoms. The van der Waals surface area contributed by atoms with Crippen molar-refractivity contribution in [3.8, 4) is 0 Å². The number of rotatable bonds is 2. The van der Waals surface area contributed by atoms with Crippen molar-refractivity contribution in [3.05, 3.63) is 70.5 Å². The summed E-state index contributed by atoms with van der Waals surface area (Å²) in [5.74, 6) is -1.10. The van der Waals surface area contributed by atoms with E-state index in [1.807, 2.05) is 0 Å². The SMILES string of the molecule is O=C(O)c1ccc(/C=C2/CSc3ccc(F)cc3C2=O)cc1. The fourth-order valence-electron chi connectivity index (χ4n) is 2.23. The predicted molar refractivity (Wildman–Crippen MR) is 82.8 cm³/mol. The minimum absolute atomic E-state index is 0.185. The summed E-state index contributed by atoms with van der Waals surface area (Å²) in [5, 5.41) is 8.87. The molecule has 0 aliphatic carbocycles. The molecule has 0 fully saturated rings. The zero-order chi connectivity index (χ0) is 15.7. The van der Waals surface area contributed by atoms with Crippen molar-refractivity contribution < 1.29 is 19.1 Å². The highest BCUT2D eigenvalue weighted by Crippen LogP contribution is 2.33. The van der Waals surface area contributed by atoms with Crippen LogP contribution in [0.25, 0.3) is 6.08 Å². The number of hydrogen-bond donors (Lipinski definition) is 1. The van der Waals surface area contributed by atoms with Gasteiger partial charge in [0.2, 0.25) is 0 Å². The molecule has 1 heterocycles. The Bertz CT molecular complexity index is 794. The van der Waals surface area contributed by atoms with Crippen LogP contribution in [0.15, 0.2) is 52.9 Å². The minimum atomic E-state index is -0.993. The van der Waals surface area contributed by atoms with E-state index in [1.54, 1.807) is 24.3 Å². The first-order chi connectivity index (χ1) is 10.5. The fourth-order valence-corrected chi connectivity index (χ4v) is 3.23. The molecule has 0 amide bonds. The highest BCUT2D eigenvalue weighted by Gasteiger charge is 2.22. The molecule has 3 nitrogen and oxygen atoms in total. The number of carbonyl (C=O) groups excluding carboxylic acids is 1. The Morgan fingerprint density at radius 2 is 1.91 bits per heavy atom. The Labute approximate surface area is 130 Å². The van der Waals surface area contributed by atoms with E-state index in [-0.39, 0.29) is 11.3 Å². The van der Waals surface area contributed by atoms with Gasteiger partial charge in [-0.1, -0.05) is 12.1 Å². The van der Waals surface area contributed by atoms with Gasteiger partial charge in [-0.3, -0.25) is 4.79 Å². The summed E-state index contributed by atoms with van der Waals surface area (Å²) < 4.78 is 13.3. The molecule has 0 saturated heterocycles. The number of aromatic carboxylic acids is 1. The van der Waals surface area contributed by atoms with Crippen LogP contribution in [0.4, 0.5) is 4.39 Å². The normalized spacial score (nSPS) is 15.7. The van der Waals surface area contributed by atoms with Crippen LogP contribution in [0.2, 0.25) is 0 Å². The van der Waals surface area contributed by atoms with Crippen molar-refractivity contribution >= 4 is 29.6 Å². The Morgan fingerprint density at radius 3 is 2.59 bits per heavy atom. The third-order valence-electron chi connectivity index (χ3n) is 3.36. The van der Waals surface area contributed by atoms with Crippen LogP contribution in [-0.4, -0.2) is 22.6 Å². The maximum atomic E-state index is 13.3. The second-order valence-corrected chi connectivity index (χ2v) is 5.87. The molecule has 5 heteroatoms. The molecule has 1 aliphatic heterocycles. The second-order valence-electron chi connectivity index (χ2n) is 4.86. The van der Waals surface area contributed by atoms with Crippen LogP contribution in [0.3, 0.4) is 0 Å². The average molecular weight is 314 g/mol. The van der Waals surface area contributed by atoms with Gasteiger partial charge in [0.15, 0.2) is 5.78 Å². The van der Waals surface area contributed by atoms with Crippen molar-refractivity contribution in [3.63, 3.8) is 0 Å². The summed E-state index contributed by atoms with van der Waals surface area (Å²) in [7, 11) is 0. The lowest BCUT2D eigenvalue weighted by Gasteiger charge is -2.16. The first-order valence-corrected chi connectivity index (χ1v) is 7.54. The maximum Gasteiger partial charge on any atom is 0.335 e. The van der Waals surface area contributed by atoms with E-state index in [1.165, 1.54) is 36.0 Å². The average Bonchev–Trinajstić information content (AvgIpc) is 2.51. The molecule has 3 rings (SSSR count). The molecule has 0 spiro atoms. The van der Waals surface area contributed by atoms with E-state index in [9.17, 15) is 14.0 Å². The molecule has 1 aliphatic rings. The number of Topliss-reactive ketones (excluding diaryl/α,β-unsaturated/α-hetero) is 1. The van der Waals surface area contributed by atoms with Gasteiger partial charge in [-0.2, -0.15) is 0 Å². The number of carbonyl (C=O) groups is 2. The smallest absolute Gasteiger partial charge is 0.335 e. The zero-order valence-corrected chi connectivity index (χ0v) is 12.2. The summed E-state index contributed by atoms with van der Waals surface area (Å²) in [4.78, 5) is 24.0. The quantitative estimate of drug-likeness (QED) is 0.854. The van der Waals surface area contributed by atoms with Gasteiger partial charge >= 0.3 is 5.97 Å². The summed E-state index contributed by atoms with van der Waals surface area (Å²) in [6, 6.07) is 10.5. The summed E-state index contributed by atoms with van der Waals surface area (Å²) in [6.07, 6.45) is 1.72. The monoisotopic (exact) mass is 314 g/mol. The Morgan fingerprint density at radius 1 is 1.18 bits per heavy atom. The van der Waals surface area contributed by atoms with Gasteiger partial charge in [0, 0.05) is 21.8 Å². The van der Waals surface area contributed by atoms with Crippen LogP contribution < -0.4 is 0 Å². The Hall–Kier alpha value is -2.40. The molecular formula is C17H11FO3S. The van der Waals surface area contributed by atoms with Gasteiger partial charge in [-0.15, -0.1) is 11.8 Å². The molecule has 0 bridgehead atoms. The van der Waals surface area contributed by atoms with Crippen molar-refractivity contribution in [1.82, 2.24) is 0 Å². The number of hydrogen-bond acceptors (Lipinski definition) is 3. The second kappa shape index (κ2) is 5.77. The van der Waals surface area contributed by atoms with Crippen LogP contribution >= 0.6 is 11.8 Å². The first-order valence-electron chi connectivity index (χ1n) is 6.55. The minimum Gasteiger partial charge on any atom is -0.478 e. The van der Waals surface area contributed by atoms with Crippen LogP contribution in [-0.2, 0) is 0 Å². The number of carboxylic acid groups (broad SMARTS) is 1. The summed E-state index contributed by atoms with van der Waals surface area (Å²) >= 11 is 1.49.